The number of methoxy groups -OCH3 is 6. The predicted octanol–water partition coefficient (Wildman–Crippen LogP) is 1.59. The number of aromatic nitrogens is 1. The minimum Gasteiger partial charge on any atom is -0.657 e. The first kappa shape index (κ1) is 50.1. The molecule has 7 rings (SSSR count). The zero-order valence-electron chi connectivity index (χ0n) is 37.9. The third-order valence-electron chi connectivity index (χ3n) is 10.0. The number of ether oxygens (including phenoxy) is 10. The number of allylic oxidation sites excluding steroid dienone is 8. The molecule has 0 N–H and O–H groups in total. The maximum atomic E-state index is 12.9. The molecule has 4 aliphatic heterocycles. The van der Waals surface area contributed by atoms with Crippen LogP contribution in [0, 0.1) is 0 Å². The number of hydrogen-bond donors (Lipinski definition) is 0. The SMILES string of the molecule is COC(=O)COc1cc(C(=O)OC)cc(OCC(=O)OC)c1C1=C2C=CC(=N2)C=C2C=CC(=N2)C(=c2c(OCC(=O)OC)cc(=C([O-])OC)cc2OCC(=O)OC)c2ccc([n-]2)C=C2C=CC1=N2.[Zn+2]. The van der Waals surface area contributed by atoms with Crippen LogP contribution in [0.5, 0.6) is 23.0 Å². The number of carbonyl (C=O) groups excluding carboxylic acids is 5. The Hall–Kier alpha value is -8.32. The number of carbonyl (C=O) groups is 5. The average Bonchev–Trinajstić information content (AvgIpc) is 4.21. The molecule has 0 radical (unpaired) electrons. The zero-order chi connectivity index (χ0) is 48.5. The van der Waals surface area contributed by atoms with Crippen LogP contribution in [-0.2, 0) is 67.1 Å². The molecule has 3 aromatic rings. The van der Waals surface area contributed by atoms with Crippen molar-refractivity contribution in [3.63, 3.8) is 0 Å². The fourth-order valence-corrected chi connectivity index (χ4v) is 6.85. The maximum absolute atomic E-state index is 12.9. The Bertz CT molecular complexity index is 2950. The van der Waals surface area contributed by atoms with E-state index >= 15 is 0 Å². The van der Waals surface area contributed by atoms with Crippen LogP contribution < -0.4 is 39.5 Å². The van der Waals surface area contributed by atoms with Crippen molar-refractivity contribution in [3.05, 3.63) is 129 Å². The number of hydrogen-bond acceptors (Lipinski definition) is 19. The minimum atomic E-state index is -0.770. The number of aliphatic imine (C=N–C) groups is 3. The number of benzene rings is 2. The second-order valence-corrected chi connectivity index (χ2v) is 14.2. The Kier molecular flexibility index (Phi) is 16.3. The Morgan fingerprint density at radius 2 is 1.06 bits per heavy atom. The van der Waals surface area contributed by atoms with Gasteiger partial charge in [0.2, 0.25) is 0 Å². The quantitative estimate of drug-likeness (QED) is 0.119. The summed E-state index contributed by atoms with van der Waals surface area (Å²) in [5, 5.41) is 13.1. The van der Waals surface area contributed by atoms with E-state index < -0.39 is 62.2 Å². The molecule has 2 aromatic carbocycles. The molecule has 0 fully saturated rings. The van der Waals surface area contributed by atoms with Crippen molar-refractivity contribution in [2.45, 2.75) is 0 Å². The second-order valence-electron chi connectivity index (χ2n) is 14.2. The molecule has 5 heterocycles. The first-order chi connectivity index (χ1) is 32.9. The summed E-state index contributed by atoms with van der Waals surface area (Å²) >= 11 is 0. The molecule has 0 amide bonds. The number of esters is 5. The van der Waals surface area contributed by atoms with E-state index in [-0.39, 0.29) is 64.0 Å². The molecular formula is C48H40N4O16Zn. The smallest absolute Gasteiger partial charge is 0.657 e. The monoisotopic (exact) mass is 992 g/mol. The molecule has 69 heavy (non-hydrogen) atoms. The third kappa shape index (κ3) is 11.5. The van der Waals surface area contributed by atoms with E-state index in [0.717, 1.165) is 0 Å². The normalized spacial score (nSPS) is 14.0. The summed E-state index contributed by atoms with van der Waals surface area (Å²) < 4.78 is 53.3. The molecule has 0 unspecified atom stereocenters. The van der Waals surface area contributed by atoms with Gasteiger partial charge in [0.05, 0.1) is 92.1 Å². The van der Waals surface area contributed by atoms with Crippen LogP contribution in [0.25, 0.3) is 23.2 Å². The van der Waals surface area contributed by atoms with E-state index in [1.165, 1.54) is 66.9 Å². The van der Waals surface area contributed by atoms with E-state index in [0.29, 0.717) is 56.8 Å². The molecule has 20 nitrogen and oxygen atoms in total. The summed E-state index contributed by atoms with van der Waals surface area (Å²) in [5.41, 5.74) is 3.69. The van der Waals surface area contributed by atoms with Gasteiger partial charge >= 0.3 is 49.3 Å². The maximum Gasteiger partial charge on any atom is 2.00 e. The number of rotatable bonds is 15. The molecule has 1 aromatic heterocycles. The van der Waals surface area contributed by atoms with Gasteiger partial charge in [-0.05, 0) is 73.9 Å². The second kappa shape index (κ2) is 22.4. The summed E-state index contributed by atoms with van der Waals surface area (Å²) in [5.74, 6) is -4.63. The molecule has 0 aliphatic carbocycles. The summed E-state index contributed by atoms with van der Waals surface area (Å²) in [6.07, 6.45) is 13.6. The van der Waals surface area contributed by atoms with Crippen LogP contribution in [-0.4, -0.2) is 116 Å². The third-order valence-corrected chi connectivity index (χ3v) is 10.0. The summed E-state index contributed by atoms with van der Waals surface area (Å²) in [7, 11) is 7.12. The molecule has 0 atom stereocenters. The standard InChI is InChI=1S/C48H42N4O16.Zn/c1-59-39(53)21-65-35-15-25(47(57)63-5)16-36(66-22-40(54)60-2)45(35)43-31-11-7-27(49-31)19-29-9-13-33(51-29)44(34-14-10-30(52-34)20-28-8-12-32(43)50-28)46-37(67-23-41(55)61-3)17-26(48(58)64-6)18-38(46)68-24-42(56)62-4;/h7-20H,21-24H2,1-6H3,(H2,49,50,51,52,57,58);/q;+2/p-2. The molecule has 8 bridgehead atoms. The largest absolute Gasteiger partial charge is 2.00 e. The van der Waals surface area contributed by atoms with Gasteiger partial charge in [-0.1, -0.05) is 18.2 Å². The fraction of sp³-hybridized carbons (Fsp3) is 0.208. The topological polar surface area (TPSA) is 252 Å². The van der Waals surface area contributed by atoms with Gasteiger partial charge in [0.25, 0.3) is 0 Å². The Labute approximate surface area is 405 Å². The molecular weight excluding hydrogens is 954 g/mol. The molecule has 0 saturated heterocycles. The van der Waals surface area contributed by atoms with Crippen LogP contribution in [0.2, 0.25) is 0 Å². The number of fused-ring (bicyclic) bond motifs is 5. The van der Waals surface area contributed by atoms with Crippen molar-refractivity contribution >= 4 is 70.1 Å². The summed E-state index contributed by atoms with van der Waals surface area (Å²) in [4.78, 5) is 82.4. The van der Waals surface area contributed by atoms with Crippen molar-refractivity contribution in [2.75, 3.05) is 69.1 Å². The van der Waals surface area contributed by atoms with E-state index in [9.17, 15) is 29.1 Å². The van der Waals surface area contributed by atoms with Crippen molar-refractivity contribution < 1.29 is 95.9 Å². The fourth-order valence-electron chi connectivity index (χ4n) is 6.85. The van der Waals surface area contributed by atoms with E-state index in [1.807, 2.05) is 0 Å². The van der Waals surface area contributed by atoms with E-state index in [2.05, 4.69) is 0 Å². The van der Waals surface area contributed by atoms with Gasteiger partial charge in [0.1, 0.15) is 23.0 Å². The van der Waals surface area contributed by atoms with Crippen LogP contribution in [0.1, 0.15) is 27.3 Å². The average molecular weight is 994 g/mol. The van der Waals surface area contributed by atoms with Gasteiger partial charge in [0.15, 0.2) is 26.4 Å². The zero-order valence-corrected chi connectivity index (χ0v) is 40.9. The van der Waals surface area contributed by atoms with Crippen LogP contribution in [0.3, 0.4) is 0 Å². The van der Waals surface area contributed by atoms with Crippen LogP contribution >= 0.6 is 0 Å². The molecule has 21 heteroatoms. The van der Waals surface area contributed by atoms with Crippen LogP contribution in [0.4, 0.5) is 0 Å². The molecule has 4 aliphatic rings. The Balaban J connectivity index is 0.00000782. The first-order valence-electron chi connectivity index (χ1n) is 20.2. The van der Waals surface area contributed by atoms with E-state index in [4.69, 9.17) is 67.3 Å². The predicted molar refractivity (Wildman–Crippen MR) is 239 cm³/mol. The Morgan fingerprint density at radius 3 is 1.57 bits per heavy atom. The van der Waals surface area contributed by atoms with Gasteiger partial charge in [-0.15, -0.1) is 11.4 Å². The van der Waals surface area contributed by atoms with E-state index in [1.54, 1.807) is 60.7 Å². The van der Waals surface area contributed by atoms with Crippen molar-refractivity contribution in [1.82, 2.24) is 4.98 Å². The summed E-state index contributed by atoms with van der Waals surface area (Å²) in [6.45, 7) is -2.33. The summed E-state index contributed by atoms with van der Waals surface area (Å²) in [6, 6.07) is 8.83. The molecule has 0 spiro atoms. The molecule has 350 valence electrons. The van der Waals surface area contributed by atoms with Crippen LogP contribution in [0.15, 0.2) is 111 Å². The van der Waals surface area contributed by atoms with Crippen molar-refractivity contribution in [2.24, 2.45) is 15.0 Å². The van der Waals surface area contributed by atoms with Gasteiger partial charge in [-0.25, -0.2) is 38.9 Å². The number of nitrogens with zero attached hydrogens (tertiary/aromatic N) is 4. The molecule has 0 saturated carbocycles. The minimum absolute atomic E-state index is 0. The van der Waals surface area contributed by atoms with Crippen molar-refractivity contribution in [3.8, 4) is 23.0 Å². The van der Waals surface area contributed by atoms with Gasteiger partial charge < -0.3 is 57.5 Å². The van der Waals surface area contributed by atoms with Crippen molar-refractivity contribution in [1.29, 1.82) is 0 Å². The van der Waals surface area contributed by atoms with Gasteiger partial charge in [-0.3, -0.25) is 0 Å². The van der Waals surface area contributed by atoms with Gasteiger partial charge in [0, 0.05) is 16.4 Å². The Morgan fingerprint density at radius 1 is 0.551 bits per heavy atom. The van der Waals surface area contributed by atoms with Gasteiger partial charge in [-0.2, -0.15) is 0 Å². The first-order valence-corrected chi connectivity index (χ1v) is 20.2.